The summed E-state index contributed by atoms with van der Waals surface area (Å²) >= 11 is 6.86. The highest BCUT2D eigenvalue weighted by Crippen LogP contribution is 2.42. The number of amides is 3. The van der Waals surface area contributed by atoms with E-state index < -0.39 is 17.5 Å². The average Bonchev–Trinajstić information content (AvgIpc) is 3.02. The van der Waals surface area contributed by atoms with Crippen LogP contribution in [-0.2, 0) is 14.3 Å². The molecule has 1 fully saturated rings. The number of pyridine rings is 1. The maximum absolute atomic E-state index is 15.2. The van der Waals surface area contributed by atoms with Crippen LogP contribution in [0.1, 0.15) is 58.6 Å². The molecule has 0 aliphatic carbocycles. The van der Waals surface area contributed by atoms with Crippen LogP contribution < -0.4 is 10.2 Å². The summed E-state index contributed by atoms with van der Waals surface area (Å²) in [5.74, 6) is -0.226. The monoisotopic (exact) mass is 676 g/mol. The molecule has 4 rings (SSSR count). The Kier molecular flexibility index (Phi) is 11.3. The van der Waals surface area contributed by atoms with E-state index in [9.17, 15) is 14.4 Å². The predicted octanol–water partition coefficient (Wildman–Crippen LogP) is 7.40. The molecule has 12 heteroatoms. The number of aliphatic imine (C=N–C) groups is 1. The second kappa shape index (κ2) is 15.0. The van der Waals surface area contributed by atoms with Gasteiger partial charge < -0.3 is 14.5 Å². The zero-order chi connectivity index (χ0) is 35.3. The van der Waals surface area contributed by atoms with Crippen molar-refractivity contribution in [2.75, 3.05) is 36.9 Å². The number of nitrogens with zero attached hydrogens (tertiary/aromatic N) is 5. The highest BCUT2D eigenvalue weighted by atomic mass is 35.5. The van der Waals surface area contributed by atoms with Crippen molar-refractivity contribution >= 4 is 53.0 Å². The van der Waals surface area contributed by atoms with Crippen molar-refractivity contribution in [1.82, 2.24) is 14.8 Å². The molecule has 0 bridgehead atoms. The lowest BCUT2D eigenvalue weighted by Gasteiger charge is -2.41. The van der Waals surface area contributed by atoms with Crippen LogP contribution in [0.5, 0.6) is 0 Å². The molecule has 2 aromatic carbocycles. The molecule has 48 heavy (non-hydrogen) atoms. The van der Waals surface area contributed by atoms with Gasteiger partial charge in [0.05, 0.1) is 27.7 Å². The molecule has 1 aromatic heterocycles. The third-order valence-corrected chi connectivity index (χ3v) is 8.11. The fraction of sp³-hybridized carbons (Fsp3) is 0.361. The number of ether oxygens (including phenoxy) is 1. The van der Waals surface area contributed by atoms with Gasteiger partial charge in [0.2, 0.25) is 12.3 Å². The number of benzene rings is 2. The minimum Gasteiger partial charge on any atom is -0.444 e. The molecule has 0 saturated carbocycles. The van der Waals surface area contributed by atoms with Gasteiger partial charge in [-0.1, -0.05) is 56.3 Å². The van der Waals surface area contributed by atoms with Gasteiger partial charge in [-0.25, -0.2) is 14.2 Å². The largest absolute Gasteiger partial charge is 0.444 e. The topological polar surface area (TPSA) is 107 Å². The normalized spacial score (nSPS) is 15.3. The van der Waals surface area contributed by atoms with Crippen molar-refractivity contribution in [2.45, 2.75) is 59.1 Å². The van der Waals surface area contributed by atoms with Gasteiger partial charge in [-0.3, -0.25) is 24.8 Å². The Morgan fingerprint density at radius 1 is 1.19 bits per heavy atom. The Morgan fingerprint density at radius 2 is 1.90 bits per heavy atom. The van der Waals surface area contributed by atoms with Crippen molar-refractivity contribution < 1.29 is 23.5 Å². The van der Waals surface area contributed by atoms with Gasteiger partial charge in [0.1, 0.15) is 17.3 Å². The van der Waals surface area contributed by atoms with Crippen LogP contribution in [0.25, 0.3) is 11.3 Å². The molecule has 1 aliphatic heterocycles. The molecule has 0 spiro atoms. The van der Waals surface area contributed by atoms with Crippen LogP contribution in [-0.4, -0.2) is 77.4 Å². The van der Waals surface area contributed by atoms with E-state index >= 15 is 4.39 Å². The average molecular weight is 677 g/mol. The van der Waals surface area contributed by atoms with E-state index in [0.29, 0.717) is 48.8 Å². The summed E-state index contributed by atoms with van der Waals surface area (Å²) in [6.45, 7) is 16.0. The molecule has 1 aliphatic rings. The first-order valence-electron chi connectivity index (χ1n) is 15.7. The standard InChI is InChI=1S/C36H42ClFN6O4/c1-9-30(46)42-17-18-43(23(4)20-42)33(39-8)26-19-27(37)31(25-13-10-11-15-28(25)38)41-34(26)44(21-45)32-24(22(2)3)14-12-16-29(32)40-35(47)48-36(5,6)7/h9-16,19,21-23H,1,17-18,20H2,2-8H3,(H,40,47). The summed E-state index contributed by atoms with van der Waals surface area (Å²) in [5.41, 5.74) is 1.27. The fourth-order valence-electron chi connectivity index (χ4n) is 5.69. The number of amidine groups is 1. The summed E-state index contributed by atoms with van der Waals surface area (Å²) in [6, 6.07) is 12.8. The Bertz CT molecular complexity index is 1740. The van der Waals surface area contributed by atoms with Gasteiger partial charge in [-0.2, -0.15) is 0 Å². The number of carbonyl (C=O) groups excluding carboxylic acids is 3. The van der Waals surface area contributed by atoms with Gasteiger partial charge in [0.15, 0.2) is 5.82 Å². The first-order valence-corrected chi connectivity index (χ1v) is 16.1. The van der Waals surface area contributed by atoms with Crippen LogP contribution in [0.15, 0.2) is 66.2 Å². The van der Waals surface area contributed by atoms with E-state index in [1.54, 1.807) is 69.1 Å². The number of aromatic nitrogens is 1. The Hall–Kier alpha value is -4.77. The third-order valence-electron chi connectivity index (χ3n) is 7.82. The van der Waals surface area contributed by atoms with E-state index in [2.05, 4.69) is 16.9 Å². The lowest BCUT2D eigenvalue weighted by atomic mass is 9.98. The van der Waals surface area contributed by atoms with Crippen molar-refractivity contribution in [3.05, 3.63) is 83.2 Å². The SMILES string of the molecule is C=CC(=O)N1CCN(C(=NC)c2cc(Cl)c(-c3ccccc3F)nc2N(C=O)c2c(NC(=O)OC(C)(C)C)cccc2C(C)C)C(C)C1. The van der Waals surface area contributed by atoms with Crippen LogP contribution in [0.2, 0.25) is 5.02 Å². The number of anilines is 3. The molecule has 10 nitrogen and oxygen atoms in total. The maximum Gasteiger partial charge on any atom is 0.412 e. The molecule has 1 saturated heterocycles. The quantitative estimate of drug-likeness (QED) is 0.115. The summed E-state index contributed by atoms with van der Waals surface area (Å²) in [7, 11) is 1.62. The molecule has 2 heterocycles. The number of nitrogens with one attached hydrogen (secondary N) is 1. The highest BCUT2D eigenvalue weighted by molar-refractivity contribution is 6.33. The van der Waals surface area contributed by atoms with E-state index in [4.69, 9.17) is 21.3 Å². The minimum atomic E-state index is -0.771. The van der Waals surface area contributed by atoms with Crippen molar-refractivity contribution in [3.8, 4) is 11.3 Å². The van der Waals surface area contributed by atoms with Gasteiger partial charge in [-0.05, 0) is 69.5 Å². The molecule has 1 N–H and O–H groups in total. The number of para-hydroxylation sites is 1. The number of rotatable bonds is 8. The number of carbonyl (C=O) groups is 3. The summed E-state index contributed by atoms with van der Waals surface area (Å²) in [5, 5.41) is 2.95. The number of hydrogen-bond acceptors (Lipinski definition) is 6. The van der Waals surface area contributed by atoms with Crippen LogP contribution in [0.3, 0.4) is 0 Å². The Balaban J connectivity index is 1.97. The molecule has 254 valence electrons. The summed E-state index contributed by atoms with van der Waals surface area (Å²) < 4.78 is 20.7. The molecular formula is C36H42ClFN6O4. The summed E-state index contributed by atoms with van der Waals surface area (Å²) in [4.78, 5) is 53.3. The molecular weight excluding hydrogens is 635 g/mol. The van der Waals surface area contributed by atoms with Crippen molar-refractivity contribution in [1.29, 1.82) is 0 Å². The Morgan fingerprint density at radius 3 is 2.48 bits per heavy atom. The third kappa shape index (κ3) is 7.84. The minimum absolute atomic E-state index is 0.0977. The van der Waals surface area contributed by atoms with Crippen LogP contribution in [0, 0.1) is 5.82 Å². The lowest BCUT2D eigenvalue weighted by Crippen LogP contribution is -2.55. The van der Waals surface area contributed by atoms with E-state index in [-0.39, 0.29) is 40.0 Å². The number of piperazine rings is 1. The predicted molar refractivity (Wildman–Crippen MR) is 189 cm³/mol. The molecule has 3 aromatic rings. The molecule has 1 unspecified atom stereocenters. The molecule has 1 atom stereocenters. The second-order valence-corrected chi connectivity index (χ2v) is 13.2. The molecule has 3 amide bonds. The fourth-order valence-corrected chi connectivity index (χ4v) is 5.95. The Labute approximate surface area is 286 Å². The van der Waals surface area contributed by atoms with Crippen molar-refractivity contribution in [2.24, 2.45) is 4.99 Å². The number of halogens is 2. The van der Waals surface area contributed by atoms with E-state index in [1.807, 2.05) is 31.7 Å². The van der Waals surface area contributed by atoms with Gasteiger partial charge in [0.25, 0.3) is 0 Å². The van der Waals surface area contributed by atoms with E-state index in [0.717, 1.165) is 5.56 Å². The first kappa shape index (κ1) is 36.1. The maximum atomic E-state index is 15.2. The van der Waals surface area contributed by atoms with Crippen LogP contribution in [0.4, 0.5) is 26.4 Å². The van der Waals surface area contributed by atoms with Crippen molar-refractivity contribution in [3.63, 3.8) is 0 Å². The van der Waals surface area contributed by atoms with Crippen LogP contribution >= 0.6 is 11.6 Å². The second-order valence-electron chi connectivity index (χ2n) is 12.7. The van der Waals surface area contributed by atoms with Gasteiger partial charge in [-0.15, -0.1) is 0 Å². The van der Waals surface area contributed by atoms with Gasteiger partial charge in [0, 0.05) is 38.3 Å². The lowest BCUT2D eigenvalue weighted by molar-refractivity contribution is -0.128. The summed E-state index contributed by atoms with van der Waals surface area (Å²) in [6.07, 6.45) is 1.18. The highest BCUT2D eigenvalue weighted by Gasteiger charge is 2.33. The zero-order valence-electron chi connectivity index (χ0n) is 28.4. The van der Waals surface area contributed by atoms with Gasteiger partial charge >= 0.3 is 6.09 Å². The molecule has 0 radical (unpaired) electrons. The first-order chi connectivity index (χ1) is 22.7. The van der Waals surface area contributed by atoms with E-state index in [1.165, 1.54) is 17.0 Å². The smallest absolute Gasteiger partial charge is 0.412 e. The number of hydrogen-bond donors (Lipinski definition) is 1. The zero-order valence-corrected chi connectivity index (χ0v) is 29.1.